The van der Waals surface area contributed by atoms with E-state index in [1.165, 1.54) is 0 Å². The molecule has 0 aliphatic heterocycles. The molecule has 0 aromatic heterocycles. The molecule has 0 fully saturated rings. The van der Waals surface area contributed by atoms with E-state index in [1.807, 2.05) is 18.2 Å². The van der Waals surface area contributed by atoms with Gasteiger partial charge in [0.05, 0.1) is 13.7 Å². The molecule has 0 amide bonds. The molecule has 0 saturated carbocycles. The fourth-order valence-corrected chi connectivity index (χ4v) is 1.89. The van der Waals surface area contributed by atoms with Crippen molar-refractivity contribution in [1.29, 1.82) is 0 Å². The Morgan fingerprint density at radius 1 is 1.41 bits per heavy atom. The fourth-order valence-electron chi connectivity index (χ4n) is 1.30. The van der Waals surface area contributed by atoms with E-state index in [1.54, 1.807) is 20.1 Å². The molecule has 4 nitrogen and oxygen atoms in total. The van der Waals surface area contributed by atoms with E-state index < -0.39 is 8.60 Å². The average Bonchev–Trinajstić information content (AvgIpc) is 2.31. The van der Waals surface area contributed by atoms with E-state index in [4.69, 9.17) is 13.8 Å². The molecule has 0 bridgehead atoms. The normalized spacial score (nSPS) is 11.9. The maximum Gasteiger partial charge on any atom is 0.394 e. The Kier molecular flexibility index (Phi) is 5.98. The lowest BCUT2D eigenvalue weighted by Gasteiger charge is -2.14. The van der Waals surface area contributed by atoms with Gasteiger partial charge in [0.25, 0.3) is 0 Å². The minimum absolute atomic E-state index is 0.402. The first-order valence-corrected chi connectivity index (χ1v) is 6.42. The van der Waals surface area contributed by atoms with Gasteiger partial charge in [0.2, 0.25) is 0 Å². The Balaban J connectivity index is 2.80. The van der Waals surface area contributed by atoms with E-state index in [2.05, 4.69) is 6.58 Å². The zero-order valence-corrected chi connectivity index (χ0v) is 10.9. The molecule has 1 N–H and O–H groups in total. The number of allylic oxidation sites excluding steroid dienone is 1. The largest absolute Gasteiger partial charge is 0.493 e. The first kappa shape index (κ1) is 14.0. The lowest BCUT2D eigenvalue weighted by molar-refractivity contribution is 0.270. The van der Waals surface area contributed by atoms with Crippen LogP contribution < -0.4 is 9.26 Å². The van der Waals surface area contributed by atoms with E-state index >= 15 is 0 Å². The highest BCUT2D eigenvalue weighted by atomic mass is 31.2. The van der Waals surface area contributed by atoms with Crippen molar-refractivity contribution < 1.29 is 18.7 Å². The molecule has 0 saturated heterocycles. The molecule has 0 aliphatic carbocycles. The molecule has 1 atom stereocenters. The molecule has 1 rings (SSSR count). The quantitative estimate of drug-likeness (QED) is 0.601. The summed E-state index contributed by atoms with van der Waals surface area (Å²) in [7, 11) is -0.341. The predicted molar refractivity (Wildman–Crippen MR) is 68.3 cm³/mol. The summed E-state index contributed by atoms with van der Waals surface area (Å²) in [5.74, 6) is 1.05. The summed E-state index contributed by atoms with van der Waals surface area (Å²) >= 11 is 0. The van der Waals surface area contributed by atoms with E-state index in [0.717, 1.165) is 12.0 Å². The number of hydrogen-bond acceptors (Lipinski definition) is 4. The van der Waals surface area contributed by atoms with Gasteiger partial charge in [-0.1, -0.05) is 12.1 Å². The highest BCUT2D eigenvalue weighted by Gasteiger charge is 2.12. The van der Waals surface area contributed by atoms with Crippen molar-refractivity contribution in [1.82, 2.24) is 0 Å². The predicted octanol–water partition coefficient (Wildman–Crippen LogP) is 3.06. The minimum atomic E-state index is -1.90. The minimum Gasteiger partial charge on any atom is -0.493 e. The second-order valence-electron chi connectivity index (χ2n) is 3.22. The van der Waals surface area contributed by atoms with E-state index in [0.29, 0.717) is 18.1 Å². The van der Waals surface area contributed by atoms with Crippen LogP contribution in [0.3, 0.4) is 0 Å². The maximum absolute atomic E-state index is 9.44. The number of hydrogen-bond donors (Lipinski definition) is 1. The van der Waals surface area contributed by atoms with Crippen molar-refractivity contribution in [2.24, 2.45) is 0 Å². The molecule has 1 aromatic rings. The standard InChI is InChI=1S/C12H17O4P/c1-4-6-10-7-8-11(12(9-10)14-3)16-17(13)15-5-2/h4,7-9,13H,1,5-6H2,2-3H3. The second kappa shape index (κ2) is 7.28. The molecule has 1 aromatic carbocycles. The summed E-state index contributed by atoms with van der Waals surface area (Å²) in [5, 5.41) is 0. The Hall–Kier alpha value is -1.09. The van der Waals surface area contributed by atoms with Gasteiger partial charge in [0, 0.05) is 0 Å². The highest BCUT2D eigenvalue weighted by molar-refractivity contribution is 7.41. The molecule has 0 spiro atoms. The first-order valence-electron chi connectivity index (χ1n) is 5.29. The summed E-state index contributed by atoms with van der Waals surface area (Å²) in [5.41, 5.74) is 1.07. The Bertz CT molecular complexity index is 368. The molecule has 17 heavy (non-hydrogen) atoms. The van der Waals surface area contributed by atoms with Crippen LogP contribution >= 0.6 is 8.60 Å². The van der Waals surface area contributed by atoms with Crippen LogP contribution in [0.5, 0.6) is 11.5 Å². The van der Waals surface area contributed by atoms with Gasteiger partial charge in [-0.2, -0.15) is 0 Å². The van der Waals surface area contributed by atoms with Crippen LogP contribution in [-0.2, 0) is 10.9 Å². The van der Waals surface area contributed by atoms with Gasteiger partial charge < -0.3 is 18.7 Å². The number of rotatable bonds is 7. The molecule has 5 heteroatoms. The van der Waals surface area contributed by atoms with Crippen LogP contribution in [0.4, 0.5) is 0 Å². The van der Waals surface area contributed by atoms with Crippen LogP contribution in [0.1, 0.15) is 12.5 Å². The molecule has 0 heterocycles. The Morgan fingerprint density at radius 2 is 2.18 bits per heavy atom. The zero-order valence-electron chi connectivity index (χ0n) is 10.0. The average molecular weight is 256 g/mol. The van der Waals surface area contributed by atoms with Crippen molar-refractivity contribution in [3.63, 3.8) is 0 Å². The van der Waals surface area contributed by atoms with Gasteiger partial charge in [0.15, 0.2) is 11.5 Å². The van der Waals surface area contributed by atoms with Crippen molar-refractivity contribution in [3.05, 3.63) is 36.4 Å². The van der Waals surface area contributed by atoms with Gasteiger partial charge in [0.1, 0.15) is 0 Å². The SMILES string of the molecule is C=CCc1ccc(OP(O)OCC)c(OC)c1. The topological polar surface area (TPSA) is 47.9 Å². The first-order chi connectivity index (χ1) is 8.21. The third-order valence-corrected chi connectivity index (χ3v) is 2.86. The van der Waals surface area contributed by atoms with Gasteiger partial charge in [-0.05, 0) is 31.0 Å². The van der Waals surface area contributed by atoms with E-state index in [-0.39, 0.29) is 0 Å². The molecule has 0 aliphatic rings. The Morgan fingerprint density at radius 3 is 2.76 bits per heavy atom. The third-order valence-electron chi connectivity index (χ3n) is 2.02. The summed E-state index contributed by atoms with van der Waals surface area (Å²) in [6, 6.07) is 5.50. The Labute approximate surface area is 103 Å². The van der Waals surface area contributed by atoms with Gasteiger partial charge >= 0.3 is 8.60 Å². The fraction of sp³-hybridized carbons (Fsp3) is 0.333. The summed E-state index contributed by atoms with van der Waals surface area (Å²) in [6.07, 6.45) is 2.57. The van der Waals surface area contributed by atoms with Crippen molar-refractivity contribution in [2.45, 2.75) is 13.3 Å². The van der Waals surface area contributed by atoms with Crippen LogP contribution in [0.15, 0.2) is 30.9 Å². The molecular weight excluding hydrogens is 239 g/mol. The van der Waals surface area contributed by atoms with Crippen LogP contribution in [0.2, 0.25) is 0 Å². The molecule has 1 unspecified atom stereocenters. The van der Waals surface area contributed by atoms with Crippen LogP contribution in [0.25, 0.3) is 0 Å². The van der Waals surface area contributed by atoms with Crippen molar-refractivity contribution >= 4 is 8.60 Å². The van der Waals surface area contributed by atoms with Gasteiger partial charge in [-0.3, -0.25) is 0 Å². The number of benzene rings is 1. The summed E-state index contributed by atoms with van der Waals surface area (Å²) in [6.45, 7) is 5.87. The zero-order chi connectivity index (χ0) is 12.7. The monoisotopic (exact) mass is 256 g/mol. The molecule has 94 valence electrons. The van der Waals surface area contributed by atoms with Crippen LogP contribution in [0, 0.1) is 0 Å². The lowest BCUT2D eigenvalue weighted by atomic mass is 10.1. The molecule has 0 radical (unpaired) electrons. The number of methoxy groups -OCH3 is 1. The maximum atomic E-state index is 9.44. The van der Waals surface area contributed by atoms with Crippen molar-refractivity contribution in [2.75, 3.05) is 13.7 Å². The third kappa shape index (κ3) is 4.35. The van der Waals surface area contributed by atoms with Gasteiger partial charge in [-0.25, -0.2) is 0 Å². The smallest absolute Gasteiger partial charge is 0.394 e. The van der Waals surface area contributed by atoms with Gasteiger partial charge in [-0.15, -0.1) is 6.58 Å². The highest BCUT2D eigenvalue weighted by Crippen LogP contribution is 2.39. The van der Waals surface area contributed by atoms with Crippen LogP contribution in [-0.4, -0.2) is 18.6 Å². The van der Waals surface area contributed by atoms with Crippen molar-refractivity contribution in [3.8, 4) is 11.5 Å². The lowest BCUT2D eigenvalue weighted by Crippen LogP contribution is -1.95. The number of ether oxygens (including phenoxy) is 1. The molecular formula is C12H17O4P. The summed E-state index contributed by atoms with van der Waals surface area (Å²) < 4.78 is 15.4. The van der Waals surface area contributed by atoms with E-state index in [9.17, 15) is 4.89 Å². The summed E-state index contributed by atoms with van der Waals surface area (Å²) in [4.78, 5) is 9.44. The second-order valence-corrected chi connectivity index (χ2v) is 4.14.